The van der Waals surface area contributed by atoms with E-state index in [2.05, 4.69) is 16.6 Å². The number of hydrogen-bond donors (Lipinski definition) is 0. The zero-order chi connectivity index (χ0) is 12.0. The Kier molecular flexibility index (Phi) is 4.44. The molecule has 0 spiro atoms. The van der Waals surface area contributed by atoms with E-state index in [1.54, 1.807) is 24.3 Å². The van der Waals surface area contributed by atoms with Gasteiger partial charge in [0, 0.05) is 21.5 Å². The molecule has 0 radical (unpaired) electrons. The maximum Gasteiger partial charge on any atom is 0.396 e. The largest absolute Gasteiger partial charge is 0.447 e. The molecule has 0 N–H and O–H groups in total. The summed E-state index contributed by atoms with van der Waals surface area (Å²) in [7, 11) is 0. The highest BCUT2D eigenvalue weighted by Gasteiger charge is 2.36. The smallest absolute Gasteiger partial charge is 0.396 e. The van der Waals surface area contributed by atoms with Crippen molar-refractivity contribution in [3.8, 4) is 11.8 Å². The van der Waals surface area contributed by atoms with Gasteiger partial charge in [0.25, 0.3) is 0 Å². The number of esters is 1. The molecular formula is C11H7BrF2O2. The minimum Gasteiger partial charge on any atom is -0.447 e. The lowest BCUT2D eigenvalue weighted by molar-refractivity contribution is -0.157. The first-order chi connectivity index (χ1) is 7.50. The molecule has 0 fully saturated rings. The number of benzene rings is 1. The van der Waals surface area contributed by atoms with Gasteiger partial charge in [-0.05, 0) is 12.1 Å². The Morgan fingerprint density at radius 1 is 1.38 bits per heavy atom. The molecule has 0 heterocycles. The average molecular weight is 289 g/mol. The quantitative estimate of drug-likeness (QED) is 0.475. The average Bonchev–Trinajstić information content (AvgIpc) is 2.24. The summed E-state index contributed by atoms with van der Waals surface area (Å²) in [6.45, 7) is -0.366. The van der Waals surface area contributed by atoms with E-state index in [1.807, 2.05) is 22.0 Å². The van der Waals surface area contributed by atoms with Gasteiger partial charge in [0.05, 0.1) is 0 Å². The molecule has 0 amide bonds. The second-order valence-corrected chi connectivity index (χ2v) is 3.74. The highest BCUT2D eigenvalue weighted by atomic mass is 79.9. The number of ether oxygens (including phenoxy) is 1. The molecule has 0 aliphatic heterocycles. The summed E-state index contributed by atoms with van der Waals surface area (Å²) < 4.78 is 28.7. The van der Waals surface area contributed by atoms with Crippen molar-refractivity contribution in [2.45, 2.75) is 4.83 Å². The van der Waals surface area contributed by atoms with Crippen molar-refractivity contribution in [2.75, 3.05) is 6.61 Å². The van der Waals surface area contributed by atoms with Gasteiger partial charge in [0.15, 0.2) is 6.61 Å². The van der Waals surface area contributed by atoms with Crippen molar-refractivity contribution < 1.29 is 18.3 Å². The molecule has 0 atom stereocenters. The van der Waals surface area contributed by atoms with Gasteiger partial charge in [-0.3, -0.25) is 0 Å². The van der Waals surface area contributed by atoms with Gasteiger partial charge in [-0.25, -0.2) is 4.79 Å². The lowest BCUT2D eigenvalue weighted by Gasteiger charge is -2.04. The molecule has 0 bridgehead atoms. The van der Waals surface area contributed by atoms with Crippen LogP contribution in [0.3, 0.4) is 0 Å². The van der Waals surface area contributed by atoms with E-state index in [-0.39, 0.29) is 6.61 Å². The Morgan fingerprint density at radius 2 is 2.00 bits per heavy atom. The fourth-order valence-corrected chi connectivity index (χ4v) is 0.958. The van der Waals surface area contributed by atoms with Crippen LogP contribution in [0, 0.1) is 11.8 Å². The molecule has 5 heteroatoms. The topological polar surface area (TPSA) is 26.3 Å². The van der Waals surface area contributed by atoms with Crippen LogP contribution in [0.15, 0.2) is 30.3 Å². The second kappa shape index (κ2) is 5.61. The zero-order valence-electron chi connectivity index (χ0n) is 8.04. The molecule has 0 saturated heterocycles. The fourth-order valence-electron chi connectivity index (χ4n) is 0.843. The Hall–Kier alpha value is -1.41. The summed E-state index contributed by atoms with van der Waals surface area (Å²) >= 11 is 1.88. The Morgan fingerprint density at radius 3 is 2.56 bits per heavy atom. The van der Waals surface area contributed by atoms with Crippen LogP contribution in [-0.4, -0.2) is 17.4 Å². The van der Waals surface area contributed by atoms with Gasteiger partial charge < -0.3 is 4.74 Å². The molecule has 16 heavy (non-hydrogen) atoms. The summed E-state index contributed by atoms with van der Waals surface area (Å²) in [5.41, 5.74) is 0.726. The molecule has 0 aliphatic carbocycles. The van der Waals surface area contributed by atoms with Gasteiger partial charge in [-0.1, -0.05) is 30.0 Å². The summed E-state index contributed by atoms with van der Waals surface area (Å²) in [6.07, 6.45) is 0. The van der Waals surface area contributed by atoms with Crippen molar-refractivity contribution in [1.82, 2.24) is 0 Å². The molecule has 1 rings (SSSR count). The van der Waals surface area contributed by atoms with Crippen LogP contribution >= 0.6 is 15.9 Å². The van der Waals surface area contributed by atoms with Crippen molar-refractivity contribution in [2.24, 2.45) is 0 Å². The normalized spacial score (nSPS) is 10.2. The second-order valence-electron chi connectivity index (χ2n) is 2.74. The fraction of sp³-hybridized carbons (Fsp3) is 0.182. The number of halogens is 3. The van der Waals surface area contributed by atoms with E-state index >= 15 is 0 Å². The lowest BCUT2D eigenvalue weighted by atomic mass is 10.2. The van der Waals surface area contributed by atoms with Crippen molar-refractivity contribution in [3.63, 3.8) is 0 Å². The SMILES string of the molecule is O=C(OCC#Cc1ccccc1)C(F)(F)Br. The molecule has 2 nitrogen and oxygen atoms in total. The van der Waals surface area contributed by atoms with E-state index < -0.39 is 10.8 Å². The zero-order valence-corrected chi connectivity index (χ0v) is 9.63. The van der Waals surface area contributed by atoms with E-state index in [4.69, 9.17) is 0 Å². The number of rotatable bonds is 2. The Bertz CT molecular complexity index is 415. The number of carbonyl (C=O) groups excluding carboxylic acids is 1. The minimum atomic E-state index is -3.65. The van der Waals surface area contributed by atoms with Gasteiger partial charge in [0.1, 0.15) is 0 Å². The molecule has 0 aromatic heterocycles. The van der Waals surface area contributed by atoms with Crippen LogP contribution in [0.5, 0.6) is 0 Å². The van der Waals surface area contributed by atoms with Crippen LogP contribution in [0.25, 0.3) is 0 Å². The molecule has 1 aromatic rings. The predicted octanol–water partition coefficient (Wildman–Crippen LogP) is 2.57. The van der Waals surface area contributed by atoms with E-state index in [0.717, 1.165) is 5.56 Å². The summed E-state index contributed by atoms with van der Waals surface area (Å²) in [6, 6.07) is 8.93. The molecule has 0 unspecified atom stereocenters. The van der Waals surface area contributed by atoms with Crippen LogP contribution < -0.4 is 0 Å². The number of carbonyl (C=O) groups is 1. The predicted molar refractivity (Wildman–Crippen MR) is 58.2 cm³/mol. The van der Waals surface area contributed by atoms with E-state index in [1.165, 1.54) is 0 Å². The van der Waals surface area contributed by atoms with Gasteiger partial charge in [-0.15, -0.1) is 0 Å². The maximum atomic E-state index is 12.3. The summed E-state index contributed by atoms with van der Waals surface area (Å²) in [5, 5.41) is 0. The van der Waals surface area contributed by atoms with Crippen LogP contribution in [0.2, 0.25) is 0 Å². The van der Waals surface area contributed by atoms with E-state index in [0.29, 0.717) is 0 Å². The molecule has 84 valence electrons. The Balaban J connectivity index is 2.43. The maximum absolute atomic E-state index is 12.3. The van der Waals surface area contributed by atoms with Crippen molar-refractivity contribution in [3.05, 3.63) is 35.9 Å². The molecular weight excluding hydrogens is 282 g/mol. The van der Waals surface area contributed by atoms with Crippen LogP contribution in [-0.2, 0) is 9.53 Å². The monoisotopic (exact) mass is 288 g/mol. The van der Waals surface area contributed by atoms with E-state index in [9.17, 15) is 13.6 Å². The third kappa shape index (κ3) is 4.41. The van der Waals surface area contributed by atoms with Gasteiger partial charge >= 0.3 is 10.8 Å². The summed E-state index contributed by atoms with van der Waals surface area (Å²) in [4.78, 5) is 6.94. The van der Waals surface area contributed by atoms with Crippen molar-refractivity contribution >= 4 is 21.9 Å². The number of hydrogen-bond acceptors (Lipinski definition) is 2. The molecule has 1 aromatic carbocycles. The van der Waals surface area contributed by atoms with Crippen molar-refractivity contribution in [1.29, 1.82) is 0 Å². The first-order valence-corrected chi connectivity index (χ1v) is 5.07. The first-order valence-electron chi connectivity index (χ1n) is 4.28. The Labute approximate surface area is 99.7 Å². The van der Waals surface area contributed by atoms with Crippen LogP contribution in [0.4, 0.5) is 8.78 Å². The third-order valence-electron chi connectivity index (χ3n) is 1.51. The third-order valence-corrected chi connectivity index (χ3v) is 1.84. The number of alkyl halides is 3. The summed E-state index contributed by atoms with van der Waals surface area (Å²) in [5.74, 6) is 3.48. The minimum absolute atomic E-state index is 0.366. The highest BCUT2D eigenvalue weighted by Crippen LogP contribution is 2.22. The lowest BCUT2D eigenvalue weighted by Crippen LogP contribution is -2.23. The van der Waals surface area contributed by atoms with Gasteiger partial charge in [-0.2, -0.15) is 8.78 Å². The molecule has 0 saturated carbocycles. The standard InChI is InChI=1S/C11H7BrF2O2/c12-11(13,14)10(15)16-8-4-7-9-5-2-1-3-6-9/h1-3,5-6H,8H2. The van der Waals surface area contributed by atoms with Crippen LogP contribution in [0.1, 0.15) is 5.56 Å². The van der Waals surface area contributed by atoms with Gasteiger partial charge in [0.2, 0.25) is 0 Å². The first kappa shape index (κ1) is 12.7. The molecule has 0 aliphatic rings. The highest BCUT2D eigenvalue weighted by molar-refractivity contribution is 9.10.